The molecule has 0 bridgehead atoms. The molecule has 2 aromatic carbocycles. The smallest absolute Gasteiger partial charge is 0.200 e. The standard InChI is InChI=1S/C16H14F2O3/c1-2-20-13-6-3-11(4-7-13)15(19)10-21-16-8-5-12(17)9-14(16)18/h3-9H,2,10H2,1H3. The molecule has 0 saturated carbocycles. The second-order valence-electron chi connectivity index (χ2n) is 4.24. The van der Waals surface area contributed by atoms with E-state index in [-0.39, 0.29) is 18.1 Å². The van der Waals surface area contributed by atoms with Crippen molar-refractivity contribution in [1.82, 2.24) is 0 Å². The average Bonchev–Trinajstić information content (AvgIpc) is 2.47. The predicted molar refractivity (Wildman–Crippen MR) is 73.8 cm³/mol. The maximum Gasteiger partial charge on any atom is 0.200 e. The first-order valence-electron chi connectivity index (χ1n) is 6.44. The first-order chi connectivity index (χ1) is 10.1. The highest BCUT2D eigenvalue weighted by Gasteiger charge is 2.10. The fraction of sp³-hybridized carbons (Fsp3) is 0.188. The molecule has 0 atom stereocenters. The fourth-order valence-corrected chi connectivity index (χ4v) is 1.72. The molecule has 2 aromatic rings. The molecule has 0 fully saturated rings. The van der Waals surface area contributed by atoms with Crippen LogP contribution in [0.15, 0.2) is 42.5 Å². The second-order valence-corrected chi connectivity index (χ2v) is 4.24. The number of benzene rings is 2. The van der Waals surface area contributed by atoms with Gasteiger partial charge in [0.2, 0.25) is 0 Å². The van der Waals surface area contributed by atoms with Gasteiger partial charge in [-0.2, -0.15) is 0 Å². The van der Waals surface area contributed by atoms with E-state index in [2.05, 4.69) is 0 Å². The molecular weight excluding hydrogens is 278 g/mol. The number of rotatable bonds is 6. The van der Waals surface area contributed by atoms with Crippen molar-refractivity contribution in [3.8, 4) is 11.5 Å². The summed E-state index contributed by atoms with van der Waals surface area (Å²) in [6.45, 7) is 2.08. The summed E-state index contributed by atoms with van der Waals surface area (Å²) < 4.78 is 36.4. The van der Waals surface area contributed by atoms with Crippen LogP contribution in [0.4, 0.5) is 8.78 Å². The topological polar surface area (TPSA) is 35.5 Å². The molecule has 5 heteroatoms. The van der Waals surface area contributed by atoms with Crippen LogP contribution >= 0.6 is 0 Å². The maximum absolute atomic E-state index is 13.3. The summed E-state index contributed by atoms with van der Waals surface area (Å²) in [7, 11) is 0. The quantitative estimate of drug-likeness (QED) is 0.763. The zero-order valence-electron chi connectivity index (χ0n) is 11.4. The predicted octanol–water partition coefficient (Wildman–Crippen LogP) is 3.63. The fourth-order valence-electron chi connectivity index (χ4n) is 1.72. The van der Waals surface area contributed by atoms with Crippen LogP contribution in [0.5, 0.6) is 11.5 Å². The average molecular weight is 292 g/mol. The number of hydrogen-bond donors (Lipinski definition) is 0. The lowest BCUT2D eigenvalue weighted by Gasteiger charge is -2.07. The largest absolute Gasteiger partial charge is 0.494 e. The summed E-state index contributed by atoms with van der Waals surface area (Å²) >= 11 is 0. The Morgan fingerprint density at radius 1 is 1.05 bits per heavy atom. The third kappa shape index (κ3) is 4.02. The number of ketones is 1. The molecule has 2 rings (SSSR count). The summed E-state index contributed by atoms with van der Waals surface area (Å²) in [4.78, 5) is 11.9. The van der Waals surface area contributed by atoms with E-state index in [1.165, 1.54) is 0 Å². The highest BCUT2D eigenvalue weighted by molar-refractivity contribution is 5.97. The third-order valence-corrected chi connectivity index (χ3v) is 2.74. The number of halogens is 2. The number of carbonyl (C=O) groups is 1. The van der Waals surface area contributed by atoms with E-state index in [9.17, 15) is 13.6 Å². The van der Waals surface area contributed by atoms with Gasteiger partial charge in [-0.15, -0.1) is 0 Å². The minimum atomic E-state index is -0.838. The highest BCUT2D eigenvalue weighted by Crippen LogP contribution is 2.18. The van der Waals surface area contributed by atoms with Gasteiger partial charge in [0.25, 0.3) is 0 Å². The van der Waals surface area contributed by atoms with Crippen LogP contribution in [0.1, 0.15) is 17.3 Å². The van der Waals surface area contributed by atoms with Crippen molar-refractivity contribution >= 4 is 5.78 Å². The van der Waals surface area contributed by atoms with Crippen LogP contribution in [0.2, 0.25) is 0 Å². The van der Waals surface area contributed by atoms with Crippen molar-refractivity contribution in [2.75, 3.05) is 13.2 Å². The molecule has 0 aliphatic carbocycles. The van der Waals surface area contributed by atoms with Gasteiger partial charge in [0, 0.05) is 11.6 Å². The molecule has 0 N–H and O–H groups in total. The lowest BCUT2D eigenvalue weighted by molar-refractivity contribution is 0.0918. The van der Waals surface area contributed by atoms with Crippen LogP contribution in [0.25, 0.3) is 0 Å². The summed E-state index contributed by atoms with van der Waals surface area (Å²) in [5.41, 5.74) is 0.431. The molecular formula is C16H14F2O3. The van der Waals surface area contributed by atoms with E-state index in [4.69, 9.17) is 9.47 Å². The first kappa shape index (κ1) is 15.0. The SMILES string of the molecule is CCOc1ccc(C(=O)COc2ccc(F)cc2F)cc1. The molecule has 21 heavy (non-hydrogen) atoms. The van der Waals surface area contributed by atoms with Crippen LogP contribution in [0, 0.1) is 11.6 Å². The Labute approximate surface area is 121 Å². The molecule has 0 amide bonds. The van der Waals surface area contributed by atoms with Crippen molar-refractivity contribution in [2.45, 2.75) is 6.92 Å². The number of carbonyl (C=O) groups excluding carboxylic acids is 1. The molecule has 0 saturated heterocycles. The van der Waals surface area contributed by atoms with Crippen molar-refractivity contribution in [1.29, 1.82) is 0 Å². The van der Waals surface area contributed by atoms with Gasteiger partial charge < -0.3 is 9.47 Å². The van der Waals surface area contributed by atoms with Crippen molar-refractivity contribution < 1.29 is 23.0 Å². The van der Waals surface area contributed by atoms with E-state index in [1.54, 1.807) is 24.3 Å². The van der Waals surface area contributed by atoms with E-state index in [0.717, 1.165) is 12.1 Å². The molecule has 0 unspecified atom stereocenters. The minimum Gasteiger partial charge on any atom is -0.494 e. The second kappa shape index (κ2) is 6.83. The van der Waals surface area contributed by atoms with Crippen LogP contribution in [0.3, 0.4) is 0 Å². The van der Waals surface area contributed by atoms with Crippen LogP contribution in [-0.4, -0.2) is 19.0 Å². The lowest BCUT2D eigenvalue weighted by atomic mass is 10.1. The Kier molecular flexibility index (Phi) is 4.87. The van der Waals surface area contributed by atoms with Gasteiger partial charge in [-0.3, -0.25) is 4.79 Å². The first-order valence-corrected chi connectivity index (χ1v) is 6.44. The molecule has 110 valence electrons. The van der Waals surface area contributed by atoms with E-state index < -0.39 is 11.6 Å². The van der Waals surface area contributed by atoms with Crippen molar-refractivity contribution in [3.63, 3.8) is 0 Å². The summed E-state index contributed by atoms with van der Waals surface area (Å²) in [6, 6.07) is 9.49. The van der Waals surface area contributed by atoms with Gasteiger partial charge >= 0.3 is 0 Å². The molecule has 0 radical (unpaired) electrons. The van der Waals surface area contributed by atoms with Gasteiger partial charge in [-0.25, -0.2) is 8.78 Å². The van der Waals surface area contributed by atoms with Gasteiger partial charge in [-0.05, 0) is 43.3 Å². The third-order valence-electron chi connectivity index (χ3n) is 2.74. The number of Topliss-reactive ketones (excluding diaryl/α,β-unsaturated/α-hetero) is 1. The lowest BCUT2D eigenvalue weighted by Crippen LogP contribution is -2.12. The van der Waals surface area contributed by atoms with Gasteiger partial charge in [0.15, 0.2) is 24.0 Å². The molecule has 0 aromatic heterocycles. The van der Waals surface area contributed by atoms with Gasteiger partial charge in [-0.1, -0.05) is 0 Å². The van der Waals surface area contributed by atoms with Gasteiger partial charge in [0.05, 0.1) is 6.61 Å². The van der Waals surface area contributed by atoms with E-state index >= 15 is 0 Å². The van der Waals surface area contributed by atoms with Crippen LogP contribution < -0.4 is 9.47 Å². The van der Waals surface area contributed by atoms with E-state index in [0.29, 0.717) is 24.0 Å². The zero-order valence-corrected chi connectivity index (χ0v) is 11.4. The molecule has 0 heterocycles. The summed E-state index contributed by atoms with van der Waals surface area (Å²) in [6.07, 6.45) is 0. The Hall–Kier alpha value is -2.43. The Morgan fingerprint density at radius 3 is 2.38 bits per heavy atom. The monoisotopic (exact) mass is 292 g/mol. The van der Waals surface area contributed by atoms with Crippen molar-refractivity contribution in [3.05, 3.63) is 59.7 Å². The number of hydrogen-bond acceptors (Lipinski definition) is 3. The Bertz CT molecular complexity index is 624. The Balaban J connectivity index is 1.98. The summed E-state index contributed by atoms with van der Waals surface area (Å²) in [5, 5.41) is 0. The molecule has 0 aliphatic heterocycles. The van der Waals surface area contributed by atoms with Crippen LogP contribution in [-0.2, 0) is 0 Å². The van der Waals surface area contributed by atoms with E-state index in [1.807, 2.05) is 6.92 Å². The Morgan fingerprint density at radius 2 is 1.76 bits per heavy atom. The molecule has 3 nitrogen and oxygen atoms in total. The minimum absolute atomic E-state index is 0.157. The van der Waals surface area contributed by atoms with Crippen molar-refractivity contribution in [2.24, 2.45) is 0 Å². The highest BCUT2D eigenvalue weighted by atomic mass is 19.1. The summed E-state index contributed by atoms with van der Waals surface area (Å²) in [5.74, 6) is -1.33. The maximum atomic E-state index is 13.3. The van der Waals surface area contributed by atoms with Gasteiger partial charge in [0.1, 0.15) is 11.6 Å². The normalized spacial score (nSPS) is 10.2. The molecule has 0 aliphatic rings. The zero-order chi connectivity index (χ0) is 15.2. The molecule has 0 spiro atoms. The number of ether oxygens (including phenoxy) is 2.